The Bertz CT molecular complexity index is 1020. The number of rotatable bonds is 8. The van der Waals surface area contributed by atoms with Crippen LogP contribution in [0.25, 0.3) is 0 Å². The summed E-state index contributed by atoms with van der Waals surface area (Å²) in [5.74, 6) is -2.35. The first-order valence-electron chi connectivity index (χ1n) is 9.77. The highest BCUT2D eigenvalue weighted by Crippen LogP contribution is 2.24. The fourth-order valence-electron chi connectivity index (χ4n) is 3.58. The Morgan fingerprint density at radius 2 is 1.90 bits per heavy atom. The number of benzene rings is 1. The van der Waals surface area contributed by atoms with Crippen molar-refractivity contribution >= 4 is 33.5 Å². The van der Waals surface area contributed by atoms with E-state index in [1.165, 1.54) is 37.3 Å². The molecule has 0 radical (unpaired) electrons. The third-order valence-corrected chi connectivity index (χ3v) is 7.16. The molecule has 1 atom stereocenters. The molecule has 0 N–H and O–H groups in total. The molecular formula is C20H24N2O8S. The molecule has 0 aromatic heterocycles. The smallest absolute Gasteiger partial charge is 0.338 e. The van der Waals surface area contributed by atoms with E-state index in [4.69, 9.17) is 9.47 Å². The number of fused-ring (bicyclic) bond motifs is 1. The van der Waals surface area contributed by atoms with Gasteiger partial charge in [0, 0.05) is 33.4 Å². The molecule has 0 bridgehead atoms. The molecule has 0 aliphatic carbocycles. The van der Waals surface area contributed by atoms with Crippen molar-refractivity contribution in [2.75, 3.05) is 45.4 Å². The maximum atomic E-state index is 12.5. The van der Waals surface area contributed by atoms with Crippen molar-refractivity contribution in [2.24, 2.45) is 0 Å². The van der Waals surface area contributed by atoms with E-state index in [1.807, 2.05) is 0 Å². The van der Waals surface area contributed by atoms with Crippen molar-refractivity contribution in [3.63, 3.8) is 0 Å². The molecule has 1 unspecified atom stereocenters. The molecule has 1 fully saturated rings. The van der Waals surface area contributed by atoms with Crippen molar-refractivity contribution in [1.29, 1.82) is 0 Å². The predicted molar refractivity (Wildman–Crippen MR) is 108 cm³/mol. The molecule has 2 heterocycles. The van der Waals surface area contributed by atoms with Crippen molar-refractivity contribution in [2.45, 2.75) is 18.9 Å². The zero-order valence-electron chi connectivity index (χ0n) is 17.3. The minimum Gasteiger partial charge on any atom is -0.452 e. The van der Waals surface area contributed by atoms with E-state index >= 15 is 0 Å². The fourth-order valence-corrected chi connectivity index (χ4v) is 5.36. The number of amides is 3. The third kappa shape index (κ3) is 4.93. The van der Waals surface area contributed by atoms with E-state index < -0.39 is 46.2 Å². The summed E-state index contributed by atoms with van der Waals surface area (Å²) in [6, 6.07) is 3.60. The van der Waals surface area contributed by atoms with E-state index in [9.17, 15) is 27.6 Å². The SMILES string of the molecule is COCCCN1C(=O)c2ccc(C(=O)OCC(=O)N(C)C3CCS(=O)(=O)C3)cc2C1=O. The summed E-state index contributed by atoms with van der Waals surface area (Å²) >= 11 is 0. The van der Waals surface area contributed by atoms with Crippen molar-refractivity contribution in [3.8, 4) is 0 Å². The Morgan fingerprint density at radius 3 is 2.55 bits per heavy atom. The Balaban J connectivity index is 1.61. The molecule has 10 nitrogen and oxygen atoms in total. The van der Waals surface area contributed by atoms with Gasteiger partial charge in [0.05, 0.1) is 28.2 Å². The third-order valence-electron chi connectivity index (χ3n) is 5.41. The number of esters is 1. The number of carbonyl (C=O) groups excluding carboxylic acids is 4. The van der Waals surface area contributed by atoms with Gasteiger partial charge >= 0.3 is 5.97 Å². The van der Waals surface area contributed by atoms with E-state index in [1.54, 1.807) is 0 Å². The number of hydrogen-bond acceptors (Lipinski definition) is 8. The van der Waals surface area contributed by atoms with Crippen molar-refractivity contribution < 1.29 is 37.1 Å². The summed E-state index contributed by atoms with van der Waals surface area (Å²) in [4.78, 5) is 51.9. The summed E-state index contributed by atoms with van der Waals surface area (Å²) in [5, 5.41) is 0. The number of nitrogens with zero attached hydrogens (tertiary/aromatic N) is 2. The summed E-state index contributed by atoms with van der Waals surface area (Å²) in [7, 11) is -0.150. The zero-order valence-corrected chi connectivity index (χ0v) is 18.1. The van der Waals surface area contributed by atoms with Crippen LogP contribution in [0.2, 0.25) is 0 Å². The predicted octanol–water partition coefficient (Wildman–Crippen LogP) is 0.121. The zero-order chi connectivity index (χ0) is 22.8. The Kier molecular flexibility index (Phi) is 6.75. The first-order chi connectivity index (χ1) is 14.6. The highest BCUT2D eigenvalue weighted by atomic mass is 32.2. The lowest BCUT2D eigenvalue weighted by Crippen LogP contribution is -2.40. The molecule has 1 aromatic carbocycles. The van der Waals surface area contributed by atoms with Crippen molar-refractivity contribution in [3.05, 3.63) is 34.9 Å². The first-order valence-corrected chi connectivity index (χ1v) is 11.6. The second-order valence-corrected chi connectivity index (χ2v) is 9.74. The minimum atomic E-state index is -3.15. The van der Waals surface area contributed by atoms with Gasteiger partial charge in [-0.15, -0.1) is 0 Å². The van der Waals surface area contributed by atoms with Crippen LogP contribution in [0.1, 0.15) is 43.9 Å². The van der Waals surface area contributed by atoms with E-state index in [0.717, 1.165) is 4.90 Å². The molecule has 11 heteroatoms. The Morgan fingerprint density at radius 1 is 1.19 bits per heavy atom. The number of sulfone groups is 1. The van der Waals surface area contributed by atoms with Crippen LogP contribution in [0.4, 0.5) is 0 Å². The van der Waals surface area contributed by atoms with E-state index in [-0.39, 0.29) is 34.7 Å². The number of methoxy groups -OCH3 is 1. The van der Waals surface area contributed by atoms with Crippen LogP contribution in [0.3, 0.4) is 0 Å². The summed E-state index contributed by atoms with van der Waals surface area (Å²) in [6.45, 7) is 0.0525. The van der Waals surface area contributed by atoms with Crippen LogP contribution in [0, 0.1) is 0 Å². The van der Waals surface area contributed by atoms with Crippen LogP contribution in [0.5, 0.6) is 0 Å². The number of hydrogen-bond donors (Lipinski definition) is 0. The van der Waals surface area contributed by atoms with Gasteiger partial charge in [-0.25, -0.2) is 13.2 Å². The molecule has 31 heavy (non-hydrogen) atoms. The topological polar surface area (TPSA) is 127 Å². The van der Waals surface area contributed by atoms with Crippen molar-refractivity contribution in [1.82, 2.24) is 9.80 Å². The van der Waals surface area contributed by atoms with Gasteiger partial charge in [-0.1, -0.05) is 0 Å². The molecule has 0 spiro atoms. The van der Waals surface area contributed by atoms with E-state index in [2.05, 4.69) is 0 Å². The van der Waals surface area contributed by atoms with Crippen LogP contribution < -0.4 is 0 Å². The number of imide groups is 1. The lowest BCUT2D eigenvalue weighted by atomic mass is 10.1. The van der Waals surface area contributed by atoms with Gasteiger partial charge in [0.15, 0.2) is 16.4 Å². The standard InChI is InChI=1S/C20H24N2O8S/c1-21(14-6-9-31(27,28)12-14)17(23)11-30-20(26)13-4-5-15-16(10-13)19(25)22(18(15)24)7-3-8-29-2/h4-5,10,14H,3,6-9,11-12H2,1-2H3. The molecule has 3 rings (SSSR count). The second kappa shape index (κ2) is 9.15. The summed E-state index contributed by atoms with van der Waals surface area (Å²) in [5.41, 5.74) is 0.353. The van der Waals surface area contributed by atoms with Gasteiger partial charge in [-0.2, -0.15) is 0 Å². The average molecular weight is 452 g/mol. The molecule has 3 amide bonds. The average Bonchev–Trinajstić information content (AvgIpc) is 3.22. The normalized spacial score (nSPS) is 19.4. The van der Waals surface area contributed by atoms with Crippen LogP contribution in [-0.4, -0.2) is 93.4 Å². The lowest BCUT2D eigenvalue weighted by Gasteiger charge is -2.23. The lowest BCUT2D eigenvalue weighted by molar-refractivity contribution is -0.134. The molecule has 1 saturated heterocycles. The van der Waals surface area contributed by atoms with Crippen LogP contribution >= 0.6 is 0 Å². The molecule has 0 saturated carbocycles. The Hall–Kier alpha value is -2.79. The van der Waals surface area contributed by atoms with Crippen LogP contribution in [0.15, 0.2) is 18.2 Å². The van der Waals surface area contributed by atoms with Gasteiger partial charge in [-0.05, 0) is 31.0 Å². The largest absolute Gasteiger partial charge is 0.452 e. The first kappa shape index (κ1) is 22.9. The van der Waals surface area contributed by atoms with E-state index in [0.29, 0.717) is 19.4 Å². The number of carbonyl (C=O) groups is 4. The minimum absolute atomic E-state index is 0.0272. The molecule has 168 valence electrons. The molecule has 2 aliphatic heterocycles. The highest BCUT2D eigenvalue weighted by Gasteiger charge is 2.36. The molecule has 2 aliphatic rings. The summed E-state index contributed by atoms with van der Waals surface area (Å²) in [6.07, 6.45) is 0.842. The quantitative estimate of drug-likeness (QED) is 0.309. The number of ether oxygens (including phenoxy) is 2. The second-order valence-electron chi connectivity index (χ2n) is 7.51. The Labute approximate surface area is 180 Å². The maximum absolute atomic E-state index is 12.5. The van der Waals surface area contributed by atoms with Gasteiger partial charge in [-0.3, -0.25) is 19.3 Å². The van der Waals surface area contributed by atoms with Gasteiger partial charge in [0.25, 0.3) is 17.7 Å². The molecule has 1 aromatic rings. The number of likely N-dealkylation sites (N-methyl/N-ethyl adjacent to an activating group) is 1. The fraction of sp³-hybridized carbons (Fsp3) is 0.500. The molecular weight excluding hydrogens is 428 g/mol. The maximum Gasteiger partial charge on any atom is 0.338 e. The van der Waals surface area contributed by atoms with Crippen LogP contribution in [-0.2, 0) is 24.1 Å². The monoisotopic (exact) mass is 452 g/mol. The van der Waals surface area contributed by atoms with Gasteiger partial charge in [0.2, 0.25) is 0 Å². The highest BCUT2D eigenvalue weighted by molar-refractivity contribution is 7.91. The van der Waals surface area contributed by atoms with Gasteiger partial charge in [0.1, 0.15) is 0 Å². The summed E-state index contributed by atoms with van der Waals surface area (Å²) < 4.78 is 33.1. The van der Waals surface area contributed by atoms with Gasteiger partial charge < -0.3 is 14.4 Å².